The highest BCUT2D eigenvalue weighted by Gasteiger charge is 2.20. The first kappa shape index (κ1) is 53.1. The maximum Gasteiger partial charge on any atom is 0.508 e. The number of unbranched alkanes of at least 4 members (excludes halogenated alkanes) is 18. The van der Waals surface area contributed by atoms with E-state index >= 15 is 0 Å². The van der Waals surface area contributed by atoms with Crippen molar-refractivity contribution in [3.8, 4) is 0 Å². The van der Waals surface area contributed by atoms with Crippen molar-refractivity contribution in [2.75, 3.05) is 39.6 Å². The van der Waals surface area contributed by atoms with E-state index in [0.717, 1.165) is 63.6 Å². The summed E-state index contributed by atoms with van der Waals surface area (Å²) in [7, 11) is 0. The summed E-state index contributed by atoms with van der Waals surface area (Å²) in [5, 5.41) is 0. The van der Waals surface area contributed by atoms with Gasteiger partial charge in [-0.3, -0.25) is 9.59 Å². The second-order valence-corrected chi connectivity index (χ2v) is 15.7. The SMILES string of the molecule is CCCCC/C=C\CCCCCCCC(=O)OCC(COC(=O)CCC(OCCCCCCCC)OCCCCCCCC)COC(=O)OCCCn1ccnc1C. The number of aromatic nitrogens is 2. The Hall–Kier alpha value is -2.92. The van der Waals surface area contributed by atoms with Crippen LogP contribution in [0.5, 0.6) is 0 Å². The van der Waals surface area contributed by atoms with Crippen molar-refractivity contribution in [3.05, 3.63) is 30.4 Å². The van der Waals surface area contributed by atoms with E-state index in [1.165, 1.54) is 83.5 Å². The summed E-state index contributed by atoms with van der Waals surface area (Å²) in [5.41, 5.74) is 0. The molecule has 1 aromatic heterocycles. The van der Waals surface area contributed by atoms with Crippen LogP contribution in [0.4, 0.5) is 4.79 Å². The molecule has 0 bridgehead atoms. The van der Waals surface area contributed by atoms with Crippen molar-refractivity contribution in [3.63, 3.8) is 0 Å². The van der Waals surface area contributed by atoms with E-state index in [-0.39, 0.29) is 38.8 Å². The number of rotatable bonds is 41. The molecule has 11 nitrogen and oxygen atoms in total. The van der Waals surface area contributed by atoms with Crippen molar-refractivity contribution in [2.45, 2.75) is 207 Å². The van der Waals surface area contributed by atoms with Crippen molar-refractivity contribution in [2.24, 2.45) is 5.92 Å². The number of imidazole rings is 1. The van der Waals surface area contributed by atoms with E-state index in [4.69, 9.17) is 28.4 Å². The maximum atomic E-state index is 12.9. The summed E-state index contributed by atoms with van der Waals surface area (Å²) >= 11 is 0. The number of nitrogens with zero attached hydrogens (tertiary/aromatic N) is 2. The number of carbonyl (C=O) groups excluding carboxylic acids is 3. The summed E-state index contributed by atoms with van der Waals surface area (Å²) in [5.74, 6) is -0.357. The second kappa shape index (κ2) is 39.5. The number of hydrogen-bond acceptors (Lipinski definition) is 10. The Labute approximate surface area is 353 Å². The molecule has 0 fully saturated rings. The standard InChI is InChI=1S/C47H84N2O9/c1-5-8-11-14-17-18-19-20-21-22-23-26-30-44(50)56-39-43(41-58-47(52)55-38-29-34-49-35-33-48-42(49)4)40-57-45(51)31-32-46(53-36-27-24-15-12-9-6-2)54-37-28-25-16-13-10-7-3/h17-18,33,35,43,46H,5-16,19-32,34,36-41H2,1-4H3/b18-17-. The fraction of sp³-hybridized carbons (Fsp3) is 0.830. The molecule has 1 heterocycles. The second-order valence-electron chi connectivity index (χ2n) is 15.7. The largest absolute Gasteiger partial charge is 0.508 e. The Balaban J connectivity index is 2.55. The van der Waals surface area contributed by atoms with Gasteiger partial charge < -0.3 is 33.0 Å². The Morgan fingerprint density at radius 3 is 1.67 bits per heavy atom. The molecule has 1 atom stereocenters. The van der Waals surface area contributed by atoms with Crippen molar-refractivity contribution >= 4 is 18.1 Å². The molecule has 0 radical (unpaired) electrons. The van der Waals surface area contributed by atoms with Gasteiger partial charge in [0.25, 0.3) is 0 Å². The van der Waals surface area contributed by atoms with Gasteiger partial charge in [-0.2, -0.15) is 0 Å². The van der Waals surface area contributed by atoms with Gasteiger partial charge in [-0.05, 0) is 58.3 Å². The van der Waals surface area contributed by atoms with Crippen LogP contribution in [-0.2, 0) is 44.6 Å². The molecule has 0 aliphatic rings. The number of esters is 2. The molecule has 0 aliphatic heterocycles. The Morgan fingerprint density at radius 2 is 1.09 bits per heavy atom. The first-order chi connectivity index (χ1) is 28.4. The van der Waals surface area contributed by atoms with E-state index in [9.17, 15) is 14.4 Å². The van der Waals surface area contributed by atoms with Gasteiger partial charge in [0.1, 0.15) is 25.6 Å². The summed E-state index contributed by atoms with van der Waals surface area (Å²) in [4.78, 5) is 42.2. The van der Waals surface area contributed by atoms with Crippen LogP contribution < -0.4 is 0 Å². The number of carbonyl (C=O) groups is 3. The summed E-state index contributed by atoms with van der Waals surface area (Å²) in [6, 6.07) is 0. The highest BCUT2D eigenvalue weighted by atomic mass is 16.7. The van der Waals surface area contributed by atoms with Crippen LogP contribution in [0.25, 0.3) is 0 Å². The molecule has 58 heavy (non-hydrogen) atoms. The minimum absolute atomic E-state index is 0.0325. The molecule has 1 unspecified atom stereocenters. The zero-order chi connectivity index (χ0) is 42.2. The quantitative estimate of drug-likeness (QED) is 0.0207. The van der Waals surface area contributed by atoms with Gasteiger partial charge in [0.05, 0.1) is 18.9 Å². The Bertz CT molecular complexity index is 1120. The van der Waals surface area contributed by atoms with Gasteiger partial charge >= 0.3 is 18.1 Å². The van der Waals surface area contributed by atoms with Crippen LogP contribution in [0.1, 0.15) is 194 Å². The van der Waals surface area contributed by atoms with Gasteiger partial charge in [-0.15, -0.1) is 0 Å². The van der Waals surface area contributed by atoms with Crippen LogP contribution in [0.15, 0.2) is 24.5 Å². The van der Waals surface area contributed by atoms with Crippen LogP contribution in [-0.4, -0.2) is 73.6 Å². The zero-order valence-electron chi connectivity index (χ0n) is 37.4. The van der Waals surface area contributed by atoms with Crippen LogP contribution in [0.3, 0.4) is 0 Å². The molecule has 11 heteroatoms. The van der Waals surface area contributed by atoms with E-state index in [1.54, 1.807) is 6.20 Å². The highest BCUT2D eigenvalue weighted by molar-refractivity contribution is 5.69. The van der Waals surface area contributed by atoms with E-state index in [1.807, 2.05) is 17.7 Å². The lowest BCUT2D eigenvalue weighted by Gasteiger charge is -2.20. The fourth-order valence-corrected chi connectivity index (χ4v) is 6.42. The van der Waals surface area contributed by atoms with Gasteiger partial charge in [0, 0.05) is 45.0 Å². The first-order valence-electron chi connectivity index (χ1n) is 23.4. The Kier molecular flexibility index (Phi) is 36.2. The molecule has 0 aromatic carbocycles. The van der Waals surface area contributed by atoms with E-state index in [2.05, 4.69) is 37.9 Å². The minimum Gasteiger partial charge on any atom is -0.465 e. The molecule has 1 rings (SSSR count). The van der Waals surface area contributed by atoms with Crippen molar-refractivity contribution < 1.29 is 42.8 Å². The molecular formula is C47H84N2O9. The third kappa shape index (κ3) is 33.0. The van der Waals surface area contributed by atoms with Crippen molar-refractivity contribution in [1.29, 1.82) is 0 Å². The summed E-state index contributed by atoms with van der Waals surface area (Å²) in [6.45, 7) is 10.4. The molecule has 0 aliphatic carbocycles. The number of hydrogen-bond donors (Lipinski definition) is 0. The lowest BCUT2D eigenvalue weighted by molar-refractivity contribution is -0.161. The van der Waals surface area contributed by atoms with Gasteiger partial charge in [-0.1, -0.05) is 129 Å². The topological polar surface area (TPSA) is 124 Å². The van der Waals surface area contributed by atoms with Crippen molar-refractivity contribution in [1.82, 2.24) is 9.55 Å². The lowest BCUT2D eigenvalue weighted by Crippen LogP contribution is -2.27. The average molecular weight is 821 g/mol. The summed E-state index contributed by atoms with van der Waals surface area (Å²) < 4.78 is 36.0. The molecule has 0 saturated carbocycles. The summed E-state index contributed by atoms with van der Waals surface area (Å²) in [6.07, 6.45) is 33.6. The van der Waals surface area contributed by atoms with Crippen LogP contribution >= 0.6 is 0 Å². The predicted octanol–water partition coefficient (Wildman–Crippen LogP) is 12.2. The third-order valence-electron chi connectivity index (χ3n) is 10.2. The zero-order valence-corrected chi connectivity index (χ0v) is 37.4. The first-order valence-corrected chi connectivity index (χ1v) is 23.4. The molecule has 0 amide bonds. The molecular weight excluding hydrogens is 737 g/mol. The minimum atomic E-state index is -0.815. The van der Waals surface area contributed by atoms with Gasteiger partial charge in [0.15, 0.2) is 6.29 Å². The Morgan fingerprint density at radius 1 is 0.586 bits per heavy atom. The maximum absolute atomic E-state index is 12.9. The molecule has 336 valence electrons. The third-order valence-corrected chi connectivity index (χ3v) is 10.2. The molecule has 0 saturated heterocycles. The lowest BCUT2D eigenvalue weighted by atomic mass is 10.1. The highest BCUT2D eigenvalue weighted by Crippen LogP contribution is 2.14. The average Bonchev–Trinajstić information content (AvgIpc) is 3.64. The number of ether oxygens (including phenoxy) is 6. The number of allylic oxidation sites excluding steroid dienone is 2. The molecule has 0 N–H and O–H groups in total. The van der Waals surface area contributed by atoms with Gasteiger partial charge in [-0.25, -0.2) is 9.78 Å². The van der Waals surface area contributed by atoms with E-state index in [0.29, 0.717) is 39.0 Å². The number of aryl methyl sites for hydroxylation is 2. The smallest absolute Gasteiger partial charge is 0.465 e. The van der Waals surface area contributed by atoms with Crippen LogP contribution in [0.2, 0.25) is 0 Å². The normalized spacial score (nSPS) is 12.0. The molecule has 1 aromatic rings. The van der Waals surface area contributed by atoms with Crippen LogP contribution in [0, 0.1) is 12.8 Å². The monoisotopic (exact) mass is 821 g/mol. The van der Waals surface area contributed by atoms with Gasteiger partial charge in [0.2, 0.25) is 0 Å². The molecule has 0 spiro atoms. The fourth-order valence-electron chi connectivity index (χ4n) is 6.42. The predicted molar refractivity (Wildman–Crippen MR) is 232 cm³/mol. The van der Waals surface area contributed by atoms with E-state index < -0.39 is 24.3 Å².